The monoisotopic (exact) mass is 390 g/mol. The van der Waals surface area contributed by atoms with E-state index in [0.717, 1.165) is 37.7 Å². The lowest BCUT2D eigenvalue weighted by Crippen LogP contribution is -2.33. The van der Waals surface area contributed by atoms with Crippen LogP contribution in [0.15, 0.2) is 24.5 Å². The largest absolute Gasteiger partial charge is 0.495 e. The van der Waals surface area contributed by atoms with Gasteiger partial charge in [0.1, 0.15) is 29.3 Å². The third-order valence-corrected chi connectivity index (χ3v) is 5.01. The number of amides is 1. The highest BCUT2D eigenvalue weighted by Gasteiger charge is 2.19. The van der Waals surface area contributed by atoms with E-state index in [0.29, 0.717) is 22.2 Å². The van der Waals surface area contributed by atoms with E-state index < -0.39 is 0 Å². The highest BCUT2D eigenvalue weighted by atomic mass is 35.5. The smallest absolute Gasteiger partial charge is 0.274 e. The number of hydrogen-bond donors (Lipinski definition) is 1. The Kier molecular flexibility index (Phi) is 6.01. The Labute approximate surface area is 163 Å². The van der Waals surface area contributed by atoms with Gasteiger partial charge in [-0.1, -0.05) is 18.5 Å². The van der Waals surface area contributed by atoms with Crippen LogP contribution in [0.2, 0.25) is 5.02 Å². The third kappa shape index (κ3) is 4.42. The highest BCUT2D eigenvalue weighted by Crippen LogP contribution is 2.36. The standard InChI is InChI=1S/C19H23ClN4O3/c1-12-4-6-24(7-5-12)18-10-15(21-11-22-18)19(25)23-14-9-16(26-2)13(20)8-17(14)27-3/h8-12H,4-7H2,1-3H3,(H,23,25). The van der Waals surface area contributed by atoms with E-state index in [-0.39, 0.29) is 11.6 Å². The van der Waals surface area contributed by atoms with Crippen LogP contribution in [0, 0.1) is 5.92 Å². The van der Waals surface area contributed by atoms with Crippen LogP contribution in [0.3, 0.4) is 0 Å². The Balaban J connectivity index is 1.80. The fraction of sp³-hybridized carbons (Fsp3) is 0.421. The maximum Gasteiger partial charge on any atom is 0.274 e. The molecule has 7 nitrogen and oxygen atoms in total. The van der Waals surface area contributed by atoms with E-state index in [9.17, 15) is 4.79 Å². The van der Waals surface area contributed by atoms with E-state index in [1.54, 1.807) is 18.2 Å². The SMILES string of the molecule is COc1cc(NC(=O)c2cc(N3CCC(C)CC3)ncn2)c(OC)cc1Cl. The Morgan fingerprint density at radius 2 is 1.85 bits per heavy atom. The molecule has 0 unspecified atom stereocenters. The first-order valence-electron chi connectivity index (χ1n) is 8.81. The molecule has 27 heavy (non-hydrogen) atoms. The molecule has 1 aromatic carbocycles. The van der Waals surface area contributed by atoms with Gasteiger partial charge in [0.05, 0.1) is 24.9 Å². The summed E-state index contributed by atoms with van der Waals surface area (Å²) in [7, 11) is 3.02. The minimum atomic E-state index is -0.355. The van der Waals surface area contributed by atoms with Crippen molar-refractivity contribution < 1.29 is 14.3 Å². The van der Waals surface area contributed by atoms with Crippen molar-refractivity contribution in [3.05, 3.63) is 35.2 Å². The van der Waals surface area contributed by atoms with Gasteiger partial charge in [-0.3, -0.25) is 4.79 Å². The number of nitrogens with one attached hydrogen (secondary N) is 1. The molecule has 1 saturated heterocycles. The van der Waals surface area contributed by atoms with Gasteiger partial charge in [0, 0.05) is 31.3 Å². The Bertz CT molecular complexity index is 823. The lowest BCUT2D eigenvalue weighted by molar-refractivity contribution is 0.102. The Morgan fingerprint density at radius 1 is 1.15 bits per heavy atom. The van der Waals surface area contributed by atoms with Gasteiger partial charge in [-0.15, -0.1) is 0 Å². The zero-order valence-electron chi connectivity index (χ0n) is 15.7. The number of aromatic nitrogens is 2. The lowest BCUT2D eigenvalue weighted by atomic mass is 9.99. The number of nitrogens with zero attached hydrogens (tertiary/aromatic N) is 3. The normalized spacial score (nSPS) is 14.7. The van der Waals surface area contributed by atoms with Crippen molar-refractivity contribution in [2.75, 3.05) is 37.5 Å². The molecular weight excluding hydrogens is 368 g/mol. The predicted molar refractivity (Wildman–Crippen MR) is 105 cm³/mol. The van der Waals surface area contributed by atoms with Crippen LogP contribution in [0.25, 0.3) is 0 Å². The first-order valence-corrected chi connectivity index (χ1v) is 9.19. The summed E-state index contributed by atoms with van der Waals surface area (Å²) in [4.78, 5) is 23.3. The van der Waals surface area contributed by atoms with Crippen molar-refractivity contribution in [1.82, 2.24) is 9.97 Å². The van der Waals surface area contributed by atoms with Crippen molar-refractivity contribution in [3.63, 3.8) is 0 Å². The number of methoxy groups -OCH3 is 2. The van der Waals surface area contributed by atoms with Crippen molar-refractivity contribution in [2.45, 2.75) is 19.8 Å². The van der Waals surface area contributed by atoms with E-state index >= 15 is 0 Å². The zero-order valence-corrected chi connectivity index (χ0v) is 16.4. The number of halogens is 1. The fourth-order valence-electron chi connectivity index (χ4n) is 3.03. The number of piperidine rings is 1. The summed E-state index contributed by atoms with van der Waals surface area (Å²) in [5.41, 5.74) is 0.741. The third-order valence-electron chi connectivity index (χ3n) is 4.72. The maximum atomic E-state index is 12.7. The topological polar surface area (TPSA) is 76.6 Å². The Hall–Kier alpha value is -2.54. The first kappa shape index (κ1) is 19.2. The van der Waals surface area contributed by atoms with E-state index in [1.807, 2.05) is 0 Å². The van der Waals surface area contributed by atoms with E-state index in [4.69, 9.17) is 21.1 Å². The molecule has 1 fully saturated rings. The number of hydrogen-bond acceptors (Lipinski definition) is 6. The molecule has 1 aliphatic heterocycles. The van der Waals surface area contributed by atoms with Gasteiger partial charge >= 0.3 is 0 Å². The highest BCUT2D eigenvalue weighted by molar-refractivity contribution is 6.32. The molecule has 0 spiro atoms. The first-order chi connectivity index (χ1) is 13.0. The van der Waals surface area contributed by atoms with Gasteiger partial charge < -0.3 is 19.7 Å². The average Bonchev–Trinajstić information content (AvgIpc) is 2.69. The van der Waals surface area contributed by atoms with Crippen LogP contribution >= 0.6 is 11.6 Å². The molecular formula is C19H23ClN4O3. The van der Waals surface area contributed by atoms with Crippen LogP contribution < -0.4 is 19.7 Å². The summed E-state index contributed by atoms with van der Waals surface area (Å²) in [6.45, 7) is 4.12. The quantitative estimate of drug-likeness (QED) is 0.839. The second-order valence-corrected chi connectivity index (χ2v) is 6.98. The molecule has 1 aromatic heterocycles. The van der Waals surface area contributed by atoms with Crippen LogP contribution in [-0.2, 0) is 0 Å². The number of anilines is 2. The van der Waals surface area contributed by atoms with Gasteiger partial charge in [-0.25, -0.2) is 9.97 Å². The van der Waals surface area contributed by atoms with Crippen molar-refractivity contribution in [2.24, 2.45) is 5.92 Å². The molecule has 3 rings (SSSR count). The molecule has 144 valence electrons. The minimum Gasteiger partial charge on any atom is -0.495 e. The van der Waals surface area contributed by atoms with Crippen molar-refractivity contribution >= 4 is 29.0 Å². The number of carbonyl (C=O) groups excluding carboxylic acids is 1. The van der Waals surface area contributed by atoms with Gasteiger partial charge in [0.15, 0.2) is 0 Å². The molecule has 2 heterocycles. The van der Waals surface area contributed by atoms with Gasteiger partial charge in [-0.2, -0.15) is 0 Å². The molecule has 0 bridgehead atoms. The van der Waals surface area contributed by atoms with Gasteiger partial charge in [0.25, 0.3) is 5.91 Å². The molecule has 0 atom stereocenters. The fourth-order valence-corrected chi connectivity index (χ4v) is 3.26. The second-order valence-electron chi connectivity index (χ2n) is 6.57. The lowest BCUT2D eigenvalue weighted by Gasteiger charge is -2.31. The molecule has 0 saturated carbocycles. The number of rotatable bonds is 5. The molecule has 0 aliphatic carbocycles. The maximum absolute atomic E-state index is 12.7. The van der Waals surface area contributed by atoms with Gasteiger partial charge in [0.2, 0.25) is 0 Å². The Morgan fingerprint density at radius 3 is 2.52 bits per heavy atom. The minimum absolute atomic E-state index is 0.287. The summed E-state index contributed by atoms with van der Waals surface area (Å²) < 4.78 is 10.5. The molecule has 0 radical (unpaired) electrons. The number of ether oxygens (including phenoxy) is 2. The van der Waals surface area contributed by atoms with Crippen molar-refractivity contribution in [1.29, 1.82) is 0 Å². The molecule has 8 heteroatoms. The molecule has 1 N–H and O–H groups in total. The number of benzene rings is 1. The molecule has 1 amide bonds. The van der Waals surface area contributed by atoms with E-state index in [1.165, 1.54) is 20.5 Å². The van der Waals surface area contributed by atoms with Crippen molar-refractivity contribution in [3.8, 4) is 11.5 Å². The molecule has 1 aliphatic rings. The van der Waals surface area contributed by atoms with Crippen LogP contribution in [0.4, 0.5) is 11.5 Å². The zero-order chi connectivity index (χ0) is 19.4. The van der Waals surface area contributed by atoms with Crippen LogP contribution in [0.5, 0.6) is 11.5 Å². The number of carbonyl (C=O) groups is 1. The summed E-state index contributed by atoms with van der Waals surface area (Å²) in [6.07, 6.45) is 3.66. The predicted octanol–water partition coefficient (Wildman–Crippen LogP) is 3.64. The summed E-state index contributed by atoms with van der Waals surface area (Å²) in [5.74, 6) is 2.01. The van der Waals surface area contributed by atoms with E-state index in [2.05, 4.69) is 27.1 Å². The van der Waals surface area contributed by atoms with Crippen LogP contribution in [0.1, 0.15) is 30.3 Å². The average molecular weight is 391 g/mol. The summed E-state index contributed by atoms with van der Waals surface area (Å²) in [6, 6.07) is 4.93. The second kappa shape index (κ2) is 8.43. The van der Waals surface area contributed by atoms with Gasteiger partial charge in [-0.05, 0) is 18.8 Å². The molecule has 2 aromatic rings. The van der Waals surface area contributed by atoms with Crippen LogP contribution in [-0.4, -0.2) is 43.2 Å². The summed E-state index contributed by atoms with van der Waals surface area (Å²) >= 11 is 6.11. The summed E-state index contributed by atoms with van der Waals surface area (Å²) in [5, 5.41) is 3.20.